The molecular formula is C10H18N4. The molecule has 1 fully saturated rings. The fourth-order valence-electron chi connectivity index (χ4n) is 1.96. The summed E-state index contributed by atoms with van der Waals surface area (Å²) in [5, 5.41) is 3.32. The Morgan fingerprint density at radius 3 is 3.07 bits per heavy atom. The SMILES string of the molecule is CNC1CCN(Cc2nccn2C)C1. The molecule has 0 saturated carbocycles. The third kappa shape index (κ3) is 1.96. The number of aryl methyl sites for hydroxylation is 1. The zero-order chi connectivity index (χ0) is 9.97. The number of imidazole rings is 1. The van der Waals surface area contributed by atoms with Gasteiger partial charge in [0, 0.05) is 38.6 Å². The van der Waals surface area contributed by atoms with Crippen LogP contribution in [-0.4, -0.2) is 40.6 Å². The van der Waals surface area contributed by atoms with Gasteiger partial charge in [0.25, 0.3) is 0 Å². The van der Waals surface area contributed by atoms with E-state index in [4.69, 9.17) is 0 Å². The van der Waals surface area contributed by atoms with Crippen LogP contribution in [0.4, 0.5) is 0 Å². The molecule has 78 valence electrons. The highest BCUT2D eigenvalue weighted by molar-refractivity contribution is 4.93. The zero-order valence-corrected chi connectivity index (χ0v) is 8.90. The Hall–Kier alpha value is -0.870. The lowest BCUT2D eigenvalue weighted by molar-refractivity contribution is 0.310. The second kappa shape index (κ2) is 4.11. The summed E-state index contributed by atoms with van der Waals surface area (Å²) < 4.78 is 2.09. The van der Waals surface area contributed by atoms with Gasteiger partial charge in [-0.1, -0.05) is 0 Å². The molecule has 4 heteroatoms. The van der Waals surface area contributed by atoms with Crippen molar-refractivity contribution in [3.8, 4) is 0 Å². The molecule has 1 aromatic heterocycles. The summed E-state index contributed by atoms with van der Waals surface area (Å²) in [6.07, 6.45) is 5.11. The molecule has 4 nitrogen and oxygen atoms in total. The maximum Gasteiger partial charge on any atom is 0.122 e. The van der Waals surface area contributed by atoms with Gasteiger partial charge in [-0.15, -0.1) is 0 Å². The fraction of sp³-hybridized carbons (Fsp3) is 0.700. The van der Waals surface area contributed by atoms with Gasteiger partial charge in [-0.05, 0) is 13.5 Å². The van der Waals surface area contributed by atoms with Crippen LogP contribution in [0.1, 0.15) is 12.2 Å². The predicted octanol–water partition coefficient (Wildman–Crippen LogP) is 0.214. The minimum Gasteiger partial charge on any atom is -0.337 e. The maximum absolute atomic E-state index is 4.33. The van der Waals surface area contributed by atoms with Crippen molar-refractivity contribution in [3.05, 3.63) is 18.2 Å². The van der Waals surface area contributed by atoms with Crippen LogP contribution in [0, 0.1) is 0 Å². The van der Waals surface area contributed by atoms with Crippen LogP contribution in [0.2, 0.25) is 0 Å². The largest absolute Gasteiger partial charge is 0.337 e. The quantitative estimate of drug-likeness (QED) is 0.747. The highest BCUT2D eigenvalue weighted by atomic mass is 15.2. The molecule has 14 heavy (non-hydrogen) atoms. The molecule has 0 aliphatic carbocycles. The number of likely N-dealkylation sites (N-methyl/N-ethyl adjacent to an activating group) is 1. The van der Waals surface area contributed by atoms with Crippen LogP contribution >= 0.6 is 0 Å². The average Bonchev–Trinajstić information content (AvgIpc) is 2.77. The number of likely N-dealkylation sites (tertiary alicyclic amines) is 1. The highest BCUT2D eigenvalue weighted by Gasteiger charge is 2.21. The van der Waals surface area contributed by atoms with Crippen LogP contribution in [0.3, 0.4) is 0 Å². The minimum atomic E-state index is 0.662. The van der Waals surface area contributed by atoms with E-state index in [0.717, 1.165) is 18.9 Å². The fourth-order valence-corrected chi connectivity index (χ4v) is 1.96. The number of rotatable bonds is 3. The monoisotopic (exact) mass is 194 g/mol. The Bertz CT molecular complexity index is 294. The Kier molecular flexibility index (Phi) is 2.84. The lowest BCUT2D eigenvalue weighted by atomic mass is 10.3. The number of aromatic nitrogens is 2. The van der Waals surface area contributed by atoms with E-state index in [0.29, 0.717) is 6.04 Å². The molecule has 0 spiro atoms. The van der Waals surface area contributed by atoms with Crippen molar-refractivity contribution in [2.75, 3.05) is 20.1 Å². The van der Waals surface area contributed by atoms with Crippen LogP contribution < -0.4 is 5.32 Å². The Morgan fingerprint density at radius 1 is 1.64 bits per heavy atom. The van der Waals surface area contributed by atoms with Gasteiger partial charge in [-0.25, -0.2) is 4.98 Å². The van der Waals surface area contributed by atoms with E-state index < -0.39 is 0 Å². The van der Waals surface area contributed by atoms with Crippen molar-refractivity contribution in [1.29, 1.82) is 0 Å². The van der Waals surface area contributed by atoms with Crippen molar-refractivity contribution in [2.45, 2.75) is 19.0 Å². The minimum absolute atomic E-state index is 0.662. The van der Waals surface area contributed by atoms with Crippen LogP contribution in [0.15, 0.2) is 12.4 Å². The van der Waals surface area contributed by atoms with Crippen molar-refractivity contribution in [2.24, 2.45) is 7.05 Å². The number of nitrogens with one attached hydrogen (secondary N) is 1. The molecule has 2 heterocycles. The number of hydrogen-bond acceptors (Lipinski definition) is 3. The van der Waals surface area contributed by atoms with E-state index in [1.165, 1.54) is 13.0 Å². The van der Waals surface area contributed by atoms with Crippen LogP contribution in [0.25, 0.3) is 0 Å². The first kappa shape index (κ1) is 9.68. The molecular weight excluding hydrogens is 176 g/mol. The molecule has 0 amide bonds. The van der Waals surface area contributed by atoms with Crippen molar-refractivity contribution in [3.63, 3.8) is 0 Å². The lowest BCUT2D eigenvalue weighted by Gasteiger charge is -2.15. The molecule has 0 radical (unpaired) electrons. The van der Waals surface area contributed by atoms with Gasteiger partial charge < -0.3 is 9.88 Å². The first-order valence-corrected chi connectivity index (χ1v) is 5.15. The summed E-state index contributed by atoms with van der Waals surface area (Å²) >= 11 is 0. The van der Waals surface area contributed by atoms with Gasteiger partial charge in [-0.3, -0.25) is 4.90 Å². The molecule has 1 aromatic rings. The predicted molar refractivity (Wildman–Crippen MR) is 55.9 cm³/mol. The molecule has 1 unspecified atom stereocenters. The standard InChI is InChI=1S/C10H18N4/c1-11-9-3-5-14(7-9)8-10-12-4-6-13(10)2/h4,6,9,11H,3,5,7-8H2,1-2H3. The van der Waals surface area contributed by atoms with Gasteiger partial charge in [0.05, 0.1) is 6.54 Å². The molecule has 1 saturated heterocycles. The Balaban J connectivity index is 1.90. The van der Waals surface area contributed by atoms with E-state index in [-0.39, 0.29) is 0 Å². The smallest absolute Gasteiger partial charge is 0.122 e. The molecule has 1 aliphatic heterocycles. The molecule has 1 atom stereocenters. The van der Waals surface area contributed by atoms with Crippen molar-refractivity contribution < 1.29 is 0 Å². The van der Waals surface area contributed by atoms with Crippen molar-refractivity contribution in [1.82, 2.24) is 19.8 Å². The van der Waals surface area contributed by atoms with Crippen LogP contribution in [-0.2, 0) is 13.6 Å². The van der Waals surface area contributed by atoms with Gasteiger partial charge in [0.15, 0.2) is 0 Å². The van der Waals surface area contributed by atoms with E-state index in [2.05, 4.69) is 19.8 Å². The average molecular weight is 194 g/mol. The van der Waals surface area contributed by atoms with Gasteiger partial charge in [-0.2, -0.15) is 0 Å². The molecule has 0 bridgehead atoms. The highest BCUT2D eigenvalue weighted by Crippen LogP contribution is 2.11. The first-order valence-electron chi connectivity index (χ1n) is 5.15. The normalized spacial score (nSPS) is 23.1. The van der Waals surface area contributed by atoms with E-state index in [9.17, 15) is 0 Å². The summed E-state index contributed by atoms with van der Waals surface area (Å²) in [6.45, 7) is 3.30. The topological polar surface area (TPSA) is 33.1 Å². The molecule has 0 aromatic carbocycles. The molecule has 1 aliphatic rings. The van der Waals surface area contributed by atoms with E-state index in [1.54, 1.807) is 0 Å². The van der Waals surface area contributed by atoms with E-state index in [1.807, 2.05) is 26.5 Å². The number of hydrogen-bond donors (Lipinski definition) is 1. The third-order valence-electron chi connectivity index (χ3n) is 2.97. The zero-order valence-electron chi connectivity index (χ0n) is 8.90. The van der Waals surface area contributed by atoms with E-state index >= 15 is 0 Å². The van der Waals surface area contributed by atoms with Gasteiger partial charge in [0.1, 0.15) is 5.82 Å². The molecule has 2 rings (SSSR count). The number of nitrogens with zero attached hydrogens (tertiary/aromatic N) is 3. The third-order valence-corrected chi connectivity index (χ3v) is 2.97. The summed E-state index contributed by atoms with van der Waals surface area (Å²) in [6, 6.07) is 0.662. The summed E-state index contributed by atoms with van der Waals surface area (Å²) in [4.78, 5) is 6.78. The second-order valence-electron chi connectivity index (χ2n) is 3.96. The first-order chi connectivity index (χ1) is 6.79. The van der Waals surface area contributed by atoms with Gasteiger partial charge >= 0.3 is 0 Å². The molecule has 1 N–H and O–H groups in total. The lowest BCUT2D eigenvalue weighted by Crippen LogP contribution is -2.29. The Morgan fingerprint density at radius 2 is 2.50 bits per heavy atom. The Labute approximate surface area is 84.9 Å². The summed E-state index contributed by atoms with van der Waals surface area (Å²) in [7, 11) is 4.09. The van der Waals surface area contributed by atoms with Gasteiger partial charge in [0.2, 0.25) is 0 Å². The van der Waals surface area contributed by atoms with Crippen LogP contribution in [0.5, 0.6) is 0 Å². The summed E-state index contributed by atoms with van der Waals surface area (Å²) in [5.41, 5.74) is 0. The van der Waals surface area contributed by atoms with Crippen molar-refractivity contribution >= 4 is 0 Å². The summed E-state index contributed by atoms with van der Waals surface area (Å²) in [5.74, 6) is 1.15. The second-order valence-corrected chi connectivity index (χ2v) is 3.96. The maximum atomic E-state index is 4.33.